The molecule has 2 rings (SSSR count). The molecule has 0 aliphatic heterocycles. The first-order valence-electron chi connectivity index (χ1n) is 7.80. The summed E-state index contributed by atoms with van der Waals surface area (Å²) in [4.78, 5) is 22.8. The summed E-state index contributed by atoms with van der Waals surface area (Å²) in [5.74, 6) is -0.963. The fraction of sp³-hybridized carbons (Fsp3) is 0.263. The normalized spacial score (nSPS) is 11.6. The molecule has 0 aliphatic carbocycles. The van der Waals surface area contributed by atoms with Crippen LogP contribution in [0.1, 0.15) is 45.6 Å². The van der Waals surface area contributed by atoms with Crippen LogP contribution in [0.25, 0.3) is 0 Å². The van der Waals surface area contributed by atoms with E-state index in [1.165, 1.54) is 12.1 Å². The van der Waals surface area contributed by atoms with Gasteiger partial charge in [0.05, 0.1) is 11.6 Å². The van der Waals surface area contributed by atoms with Crippen molar-refractivity contribution in [1.29, 1.82) is 0 Å². The van der Waals surface area contributed by atoms with E-state index >= 15 is 0 Å². The van der Waals surface area contributed by atoms with Crippen LogP contribution in [0.5, 0.6) is 0 Å². The molecule has 3 N–H and O–H groups in total. The molecule has 126 valence electrons. The molecule has 0 fully saturated rings. The highest BCUT2D eigenvalue weighted by atomic mass is 16.4. The van der Waals surface area contributed by atoms with E-state index in [1.807, 2.05) is 20.8 Å². The van der Waals surface area contributed by atoms with Crippen LogP contribution in [0.4, 0.5) is 4.79 Å². The molecule has 0 radical (unpaired) electrons. The molecule has 0 spiro atoms. The maximum Gasteiger partial charge on any atom is 0.335 e. The number of nitrogens with one attached hydrogen (secondary N) is 2. The SMILES string of the molecule is Cc1cc(C)cc(C(C)NC(=O)NCc2ccc(C(=O)O)cc2)c1. The van der Waals surface area contributed by atoms with E-state index in [0.29, 0.717) is 6.54 Å². The second-order valence-corrected chi connectivity index (χ2v) is 5.97. The number of carboxylic acid groups (broad SMARTS) is 1. The van der Waals surface area contributed by atoms with Crippen molar-refractivity contribution >= 4 is 12.0 Å². The van der Waals surface area contributed by atoms with Crippen molar-refractivity contribution in [2.45, 2.75) is 33.4 Å². The zero-order chi connectivity index (χ0) is 17.7. The molecular formula is C19H22N2O3. The molecule has 2 aromatic carbocycles. The smallest absolute Gasteiger partial charge is 0.335 e. The number of urea groups is 1. The molecule has 2 amide bonds. The van der Waals surface area contributed by atoms with Gasteiger partial charge in [0.2, 0.25) is 0 Å². The Balaban J connectivity index is 1.89. The van der Waals surface area contributed by atoms with Gasteiger partial charge in [-0.1, -0.05) is 41.5 Å². The monoisotopic (exact) mass is 326 g/mol. The van der Waals surface area contributed by atoms with Crippen molar-refractivity contribution in [3.63, 3.8) is 0 Å². The third-order valence-electron chi connectivity index (χ3n) is 3.75. The lowest BCUT2D eigenvalue weighted by Crippen LogP contribution is -2.36. The highest BCUT2D eigenvalue weighted by molar-refractivity contribution is 5.87. The Morgan fingerprint density at radius 1 is 1.04 bits per heavy atom. The maximum atomic E-state index is 12.0. The number of aryl methyl sites for hydroxylation is 2. The quantitative estimate of drug-likeness (QED) is 0.786. The van der Waals surface area contributed by atoms with Crippen molar-refractivity contribution in [3.05, 3.63) is 70.3 Å². The highest BCUT2D eigenvalue weighted by Crippen LogP contribution is 2.16. The molecule has 1 atom stereocenters. The first kappa shape index (κ1) is 17.5. The minimum Gasteiger partial charge on any atom is -0.478 e. The number of carbonyl (C=O) groups is 2. The molecule has 0 heterocycles. The lowest BCUT2D eigenvalue weighted by Gasteiger charge is -2.16. The fourth-order valence-corrected chi connectivity index (χ4v) is 2.54. The lowest BCUT2D eigenvalue weighted by molar-refractivity contribution is 0.0697. The van der Waals surface area contributed by atoms with E-state index in [2.05, 4.69) is 28.8 Å². The molecule has 24 heavy (non-hydrogen) atoms. The van der Waals surface area contributed by atoms with E-state index in [4.69, 9.17) is 5.11 Å². The minimum atomic E-state index is -0.963. The summed E-state index contributed by atoms with van der Waals surface area (Å²) in [6.45, 7) is 6.34. The van der Waals surface area contributed by atoms with E-state index in [9.17, 15) is 9.59 Å². The third kappa shape index (κ3) is 4.84. The van der Waals surface area contributed by atoms with Gasteiger partial charge >= 0.3 is 12.0 Å². The molecular weight excluding hydrogens is 304 g/mol. The predicted octanol–water partition coefficient (Wildman–Crippen LogP) is 3.56. The molecule has 0 saturated heterocycles. The first-order valence-corrected chi connectivity index (χ1v) is 7.80. The van der Waals surface area contributed by atoms with E-state index in [-0.39, 0.29) is 17.6 Å². The second-order valence-electron chi connectivity index (χ2n) is 5.97. The van der Waals surface area contributed by atoms with Gasteiger partial charge in [-0.15, -0.1) is 0 Å². The van der Waals surface area contributed by atoms with Gasteiger partial charge in [0.15, 0.2) is 0 Å². The number of aromatic carboxylic acids is 1. The van der Waals surface area contributed by atoms with Gasteiger partial charge in [-0.2, -0.15) is 0 Å². The van der Waals surface area contributed by atoms with Gasteiger partial charge in [-0.05, 0) is 44.0 Å². The maximum absolute atomic E-state index is 12.0. The van der Waals surface area contributed by atoms with E-state index in [0.717, 1.165) is 22.3 Å². The number of benzene rings is 2. The van der Waals surface area contributed by atoms with Crippen molar-refractivity contribution in [3.8, 4) is 0 Å². The molecule has 0 bridgehead atoms. The van der Waals surface area contributed by atoms with Gasteiger partial charge < -0.3 is 15.7 Å². The molecule has 0 saturated carbocycles. The van der Waals surface area contributed by atoms with E-state index in [1.54, 1.807) is 12.1 Å². The Hall–Kier alpha value is -2.82. The highest BCUT2D eigenvalue weighted by Gasteiger charge is 2.10. The zero-order valence-electron chi connectivity index (χ0n) is 14.1. The molecule has 5 heteroatoms. The first-order chi connectivity index (χ1) is 11.3. The van der Waals surface area contributed by atoms with Crippen molar-refractivity contribution in [2.75, 3.05) is 0 Å². The Morgan fingerprint density at radius 3 is 2.17 bits per heavy atom. The summed E-state index contributed by atoms with van der Waals surface area (Å²) in [5.41, 5.74) is 4.46. The molecule has 0 aliphatic rings. The molecule has 0 aromatic heterocycles. The predicted molar refractivity (Wildman–Crippen MR) is 93.1 cm³/mol. The number of carboxylic acids is 1. The lowest BCUT2D eigenvalue weighted by atomic mass is 10.0. The fourth-order valence-electron chi connectivity index (χ4n) is 2.54. The second kappa shape index (κ2) is 7.64. The van der Waals surface area contributed by atoms with Crippen LogP contribution in [-0.2, 0) is 6.54 Å². The van der Waals surface area contributed by atoms with Crippen molar-refractivity contribution < 1.29 is 14.7 Å². The average Bonchev–Trinajstić information content (AvgIpc) is 2.52. The Labute approximate surface area is 141 Å². The van der Waals surface area contributed by atoms with Gasteiger partial charge in [0.25, 0.3) is 0 Å². The van der Waals surface area contributed by atoms with E-state index < -0.39 is 5.97 Å². The average molecular weight is 326 g/mol. The Bertz CT molecular complexity index is 719. The van der Waals surface area contributed by atoms with Gasteiger partial charge in [0.1, 0.15) is 0 Å². The topological polar surface area (TPSA) is 78.4 Å². The summed E-state index contributed by atoms with van der Waals surface area (Å²) in [5, 5.41) is 14.5. The minimum absolute atomic E-state index is 0.0991. The van der Waals surface area contributed by atoms with Crippen LogP contribution in [-0.4, -0.2) is 17.1 Å². The van der Waals surface area contributed by atoms with Crippen molar-refractivity contribution in [1.82, 2.24) is 10.6 Å². The standard InChI is InChI=1S/C19H22N2O3/c1-12-8-13(2)10-17(9-12)14(3)21-19(24)20-11-15-4-6-16(7-5-15)18(22)23/h4-10,14H,11H2,1-3H3,(H,22,23)(H2,20,21,24). The van der Waals surface area contributed by atoms with Crippen LogP contribution in [0, 0.1) is 13.8 Å². The van der Waals surface area contributed by atoms with Crippen LogP contribution >= 0.6 is 0 Å². The summed E-state index contributed by atoms with van der Waals surface area (Å²) in [7, 11) is 0. The molecule has 5 nitrogen and oxygen atoms in total. The Kier molecular flexibility index (Phi) is 5.58. The van der Waals surface area contributed by atoms with Crippen LogP contribution in [0.2, 0.25) is 0 Å². The third-order valence-corrected chi connectivity index (χ3v) is 3.75. The number of carbonyl (C=O) groups excluding carboxylic acids is 1. The van der Waals surface area contributed by atoms with Crippen molar-refractivity contribution in [2.24, 2.45) is 0 Å². The van der Waals surface area contributed by atoms with Gasteiger partial charge in [-0.3, -0.25) is 0 Å². The number of hydrogen-bond acceptors (Lipinski definition) is 2. The van der Waals surface area contributed by atoms with Crippen LogP contribution < -0.4 is 10.6 Å². The number of hydrogen-bond donors (Lipinski definition) is 3. The summed E-state index contributed by atoms with van der Waals surface area (Å²) >= 11 is 0. The Morgan fingerprint density at radius 2 is 1.62 bits per heavy atom. The summed E-state index contributed by atoms with van der Waals surface area (Å²) < 4.78 is 0. The molecule has 1 unspecified atom stereocenters. The van der Waals surface area contributed by atoms with Gasteiger partial charge in [-0.25, -0.2) is 9.59 Å². The van der Waals surface area contributed by atoms with Crippen LogP contribution in [0.15, 0.2) is 42.5 Å². The summed E-state index contributed by atoms with van der Waals surface area (Å²) in [6.07, 6.45) is 0. The van der Waals surface area contributed by atoms with Crippen LogP contribution in [0.3, 0.4) is 0 Å². The number of rotatable bonds is 5. The largest absolute Gasteiger partial charge is 0.478 e. The zero-order valence-corrected chi connectivity index (χ0v) is 14.1. The molecule has 2 aromatic rings. The summed E-state index contributed by atoms with van der Waals surface area (Å²) in [6, 6.07) is 12.3. The number of amides is 2. The van der Waals surface area contributed by atoms with Gasteiger partial charge in [0, 0.05) is 6.54 Å².